The highest BCUT2D eigenvalue weighted by Gasteiger charge is 2.18. The van der Waals surface area contributed by atoms with Gasteiger partial charge in [0, 0.05) is 11.9 Å². The average Bonchev–Trinajstić information content (AvgIpc) is 2.68. The highest BCUT2D eigenvalue weighted by atomic mass is 16.5. The lowest BCUT2D eigenvalue weighted by Crippen LogP contribution is -2.41. The van der Waals surface area contributed by atoms with Gasteiger partial charge in [-0.15, -0.1) is 0 Å². The van der Waals surface area contributed by atoms with Gasteiger partial charge in [-0.3, -0.25) is 10.0 Å². The Morgan fingerprint density at radius 3 is 2.35 bits per heavy atom. The molecule has 3 amide bonds. The number of carbonyl (C=O) groups excluding carboxylic acids is 2. The van der Waals surface area contributed by atoms with Gasteiger partial charge in [0.25, 0.3) is 5.91 Å². The topological polar surface area (TPSA) is 81.7 Å². The van der Waals surface area contributed by atoms with Crippen LogP contribution in [-0.4, -0.2) is 28.6 Å². The molecule has 3 aromatic rings. The fourth-order valence-corrected chi connectivity index (χ4v) is 2.74. The molecule has 0 spiro atoms. The summed E-state index contributed by atoms with van der Waals surface area (Å²) in [5.74, 6) is -0.658. The van der Waals surface area contributed by atoms with Crippen molar-refractivity contribution < 1.29 is 14.8 Å². The van der Waals surface area contributed by atoms with Crippen LogP contribution in [0, 0.1) is 0 Å². The molecule has 0 saturated heterocycles. The Balaban J connectivity index is 1.83. The van der Waals surface area contributed by atoms with Crippen molar-refractivity contribution in [3.8, 4) is 0 Å². The summed E-state index contributed by atoms with van der Waals surface area (Å²) in [6.45, 7) is -0.0210. The zero-order chi connectivity index (χ0) is 18.4. The Morgan fingerprint density at radius 2 is 1.58 bits per heavy atom. The zero-order valence-electron chi connectivity index (χ0n) is 14.1. The monoisotopic (exact) mass is 349 g/mol. The van der Waals surface area contributed by atoms with Crippen LogP contribution in [0.25, 0.3) is 10.8 Å². The van der Waals surface area contributed by atoms with E-state index < -0.39 is 11.9 Å². The van der Waals surface area contributed by atoms with Crippen LogP contribution in [0.5, 0.6) is 0 Å². The van der Waals surface area contributed by atoms with Gasteiger partial charge >= 0.3 is 6.03 Å². The summed E-state index contributed by atoms with van der Waals surface area (Å²) in [6, 6.07) is 22.3. The van der Waals surface area contributed by atoms with E-state index >= 15 is 0 Å². The van der Waals surface area contributed by atoms with Gasteiger partial charge in [0.2, 0.25) is 0 Å². The minimum atomic E-state index is -0.658. The van der Waals surface area contributed by atoms with E-state index in [4.69, 9.17) is 5.21 Å². The Hall–Kier alpha value is -3.38. The van der Waals surface area contributed by atoms with Crippen molar-refractivity contribution in [3.63, 3.8) is 0 Å². The first kappa shape index (κ1) is 17.4. The molecule has 0 bridgehead atoms. The van der Waals surface area contributed by atoms with Gasteiger partial charge in [-0.05, 0) is 17.0 Å². The lowest BCUT2D eigenvalue weighted by Gasteiger charge is -2.22. The maximum Gasteiger partial charge on any atom is 0.322 e. The molecular formula is C20H19N3O3. The Kier molecular flexibility index (Phi) is 5.46. The van der Waals surface area contributed by atoms with Gasteiger partial charge in [0.1, 0.15) is 6.54 Å². The highest BCUT2D eigenvalue weighted by molar-refractivity contribution is 6.02. The minimum absolute atomic E-state index is 0.241. The maximum absolute atomic E-state index is 12.8. The van der Waals surface area contributed by atoms with Crippen LogP contribution < -0.4 is 10.8 Å². The molecule has 0 radical (unpaired) electrons. The molecule has 0 heterocycles. The summed E-state index contributed by atoms with van der Waals surface area (Å²) >= 11 is 0. The third-order valence-electron chi connectivity index (χ3n) is 3.99. The molecule has 0 fully saturated rings. The molecule has 3 N–H and O–H groups in total. The van der Waals surface area contributed by atoms with Crippen LogP contribution in [0.15, 0.2) is 72.8 Å². The predicted molar refractivity (Wildman–Crippen MR) is 99.7 cm³/mol. The number of hydrogen-bond acceptors (Lipinski definition) is 3. The quantitative estimate of drug-likeness (QED) is 0.488. The summed E-state index contributed by atoms with van der Waals surface area (Å²) in [5, 5.41) is 13.6. The molecule has 0 aromatic heterocycles. The molecule has 0 aliphatic rings. The van der Waals surface area contributed by atoms with Crippen molar-refractivity contribution >= 4 is 28.4 Å². The van der Waals surface area contributed by atoms with E-state index in [1.54, 1.807) is 5.48 Å². The molecule has 0 saturated carbocycles. The molecule has 132 valence electrons. The van der Waals surface area contributed by atoms with E-state index in [1.807, 2.05) is 72.8 Å². The van der Waals surface area contributed by atoms with Crippen LogP contribution in [-0.2, 0) is 11.3 Å². The molecule has 0 aliphatic carbocycles. The van der Waals surface area contributed by atoms with Crippen LogP contribution in [0.4, 0.5) is 10.5 Å². The second kappa shape index (κ2) is 8.13. The number of anilines is 1. The van der Waals surface area contributed by atoms with Gasteiger partial charge in [-0.25, -0.2) is 10.3 Å². The second-order valence-electron chi connectivity index (χ2n) is 5.83. The number of fused-ring (bicyclic) bond motifs is 1. The molecule has 6 heteroatoms. The standard InChI is InChI=1S/C20H19N3O3/c24-19(22-26)14-23(13-15-7-2-1-3-8-15)20(25)21-18-12-6-10-16-9-4-5-11-17(16)18/h1-12,26H,13-14H2,(H,21,25)(H,22,24). The first-order valence-electron chi connectivity index (χ1n) is 8.18. The van der Waals surface area contributed by atoms with E-state index in [1.165, 1.54) is 4.90 Å². The smallest absolute Gasteiger partial charge is 0.311 e. The van der Waals surface area contributed by atoms with Crippen LogP contribution in [0.1, 0.15) is 5.56 Å². The Morgan fingerprint density at radius 1 is 0.885 bits per heavy atom. The molecular weight excluding hydrogens is 330 g/mol. The van der Waals surface area contributed by atoms with Gasteiger partial charge in [-0.1, -0.05) is 66.7 Å². The SMILES string of the molecule is O=C(CN(Cc1ccccc1)C(=O)Nc1cccc2ccccc12)NO. The van der Waals surface area contributed by atoms with Crippen molar-refractivity contribution in [1.82, 2.24) is 10.4 Å². The fraction of sp³-hybridized carbons (Fsp3) is 0.100. The Bertz CT molecular complexity index is 907. The molecule has 0 atom stereocenters. The molecule has 26 heavy (non-hydrogen) atoms. The predicted octanol–water partition coefficient (Wildman–Crippen LogP) is 3.38. The highest BCUT2D eigenvalue weighted by Crippen LogP contribution is 2.23. The van der Waals surface area contributed by atoms with E-state index in [0.29, 0.717) is 5.69 Å². The molecule has 3 rings (SSSR count). The number of amides is 3. The van der Waals surface area contributed by atoms with Crippen molar-refractivity contribution in [2.24, 2.45) is 0 Å². The average molecular weight is 349 g/mol. The number of hydrogen-bond donors (Lipinski definition) is 3. The van der Waals surface area contributed by atoms with Crippen molar-refractivity contribution in [2.75, 3.05) is 11.9 Å². The van der Waals surface area contributed by atoms with Crippen LogP contribution in [0.3, 0.4) is 0 Å². The largest absolute Gasteiger partial charge is 0.322 e. The van der Waals surface area contributed by atoms with Crippen molar-refractivity contribution in [1.29, 1.82) is 0 Å². The third-order valence-corrected chi connectivity index (χ3v) is 3.99. The number of nitrogens with zero attached hydrogens (tertiary/aromatic N) is 1. The number of benzene rings is 3. The summed E-state index contributed by atoms with van der Waals surface area (Å²) < 4.78 is 0. The molecule has 6 nitrogen and oxygen atoms in total. The van der Waals surface area contributed by atoms with Gasteiger partial charge in [-0.2, -0.15) is 0 Å². The van der Waals surface area contributed by atoms with E-state index in [9.17, 15) is 9.59 Å². The van der Waals surface area contributed by atoms with Gasteiger partial charge < -0.3 is 10.2 Å². The lowest BCUT2D eigenvalue weighted by atomic mass is 10.1. The number of hydroxylamine groups is 1. The number of rotatable bonds is 5. The van der Waals surface area contributed by atoms with E-state index in [2.05, 4.69) is 5.32 Å². The van der Waals surface area contributed by atoms with Gasteiger partial charge in [0.05, 0.1) is 5.69 Å². The van der Waals surface area contributed by atoms with E-state index in [-0.39, 0.29) is 13.1 Å². The maximum atomic E-state index is 12.8. The van der Waals surface area contributed by atoms with Crippen LogP contribution >= 0.6 is 0 Å². The molecule has 0 unspecified atom stereocenters. The third kappa shape index (κ3) is 4.17. The number of carbonyl (C=O) groups is 2. The summed E-state index contributed by atoms with van der Waals surface area (Å²) in [4.78, 5) is 25.7. The van der Waals surface area contributed by atoms with Crippen molar-refractivity contribution in [2.45, 2.75) is 6.54 Å². The summed E-state index contributed by atoms with van der Waals surface area (Å²) in [5.41, 5.74) is 3.11. The van der Waals surface area contributed by atoms with Crippen molar-refractivity contribution in [3.05, 3.63) is 78.4 Å². The number of urea groups is 1. The first-order valence-corrected chi connectivity index (χ1v) is 8.18. The summed E-state index contributed by atoms with van der Waals surface area (Å²) in [7, 11) is 0. The first-order chi connectivity index (χ1) is 12.7. The fourth-order valence-electron chi connectivity index (χ4n) is 2.74. The molecule has 3 aromatic carbocycles. The van der Waals surface area contributed by atoms with E-state index in [0.717, 1.165) is 16.3 Å². The Labute approximate surface area is 151 Å². The number of nitrogens with one attached hydrogen (secondary N) is 2. The second-order valence-corrected chi connectivity index (χ2v) is 5.83. The van der Waals surface area contributed by atoms with Gasteiger partial charge in [0.15, 0.2) is 0 Å². The normalized spacial score (nSPS) is 10.3. The zero-order valence-corrected chi connectivity index (χ0v) is 14.1. The minimum Gasteiger partial charge on any atom is -0.311 e. The molecule has 0 aliphatic heterocycles. The lowest BCUT2D eigenvalue weighted by molar-refractivity contribution is -0.129. The van der Waals surface area contributed by atoms with Crippen LogP contribution in [0.2, 0.25) is 0 Å². The summed E-state index contributed by atoms with van der Waals surface area (Å²) in [6.07, 6.45) is 0.